The van der Waals surface area contributed by atoms with Gasteiger partial charge >= 0.3 is 29.7 Å². The Kier molecular flexibility index (Phi) is 4.30. The molecule has 0 saturated carbocycles. The Labute approximate surface area is 96.9 Å². The van der Waals surface area contributed by atoms with Gasteiger partial charge in [0.1, 0.15) is 0 Å². The number of Topliss-reactive ketones (excluding diaryl/α,β-unsaturated/α-hetero) is 2. The summed E-state index contributed by atoms with van der Waals surface area (Å²) in [6.45, 7) is -3.37. The Morgan fingerprint density at radius 1 is 0.737 bits per heavy atom. The van der Waals surface area contributed by atoms with E-state index in [1.54, 1.807) is 0 Å². The third kappa shape index (κ3) is 2.81. The summed E-state index contributed by atoms with van der Waals surface area (Å²) >= 11 is 0. The van der Waals surface area contributed by atoms with Crippen LogP contribution in [0.2, 0.25) is 0 Å². The van der Waals surface area contributed by atoms with Crippen LogP contribution in [0.4, 0.5) is 43.9 Å². The second kappa shape index (κ2) is 4.63. The SMILES string of the molecule is O=C(C(=O)C(F)(F)C(F)(F)C(F)(F)CF)C(F)(F)F. The van der Waals surface area contributed by atoms with Gasteiger partial charge in [0.25, 0.3) is 5.78 Å². The maximum atomic E-state index is 12.6. The predicted molar refractivity (Wildman–Crippen MR) is 36.9 cm³/mol. The second-order valence-electron chi connectivity index (χ2n) is 3.14. The van der Waals surface area contributed by atoms with Gasteiger partial charge in [-0.05, 0) is 0 Å². The first-order valence-electron chi connectivity index (χ1n) is 3.98. The molecule has 19 heavy (non-hydrogen) atoms. The van der Waals surface area contributed by atoms with E-state index >= 15 is 0 Å². The van der Waals surface area contributed by atoms with Gasteiger partial charge in [0.2, 0.25) is 0 Å². The van der Waals surface area contributed by atoms with Crippen molar-refractivity contribution < 1.29 is 53.5 Å². The molecule has 0 aliphatic carbocycles. The van der Waals surface area contributed by atoms with E-state index in [2.05, 4.69) is 0 Å². The van der Waals surface area contributed by atoms with Gasteiger partial charge in [-0.25, -0.2) is 4.39 Å². The second-order valence-corrected chi connectivity index (χ2v) is 3.14. The van der Waals surface area contributed by atoms with Crippen molar-refractivity contribution >= 4 is 11.6 Å². The summed E-state index contributed by atoms with van der Waals surface area (Å²) in [7, 11) is 0. The van der Waals surface area contributed by atoms with Crippen LogP contribution in [0.3, 0.4) is 0 Å². The summed E-state index contributed by atoms with van der Waals surface area (Å²) in [6.07, 6.45) is -6.26. The number of carbonyl (C=O) groups is 2. The van der Waals surface area contributed by atoms with Crippen molar-refractivity contribution in [2.24, 2.45) is 0 Å². The van der Waals surface area contributed by atoms with Gasteiger partial charge in [0.05, 0.1) is 0 Å². The largest absolute Gasteiger partial charge is 0.458 e. The van der Waals surface area contributed by atoms with Crippen LogP contribution in [0.1, 0.15) is 0 Å². The summed E-state index contributed by atoms with van der Waals surface area (Å²) in [4.78, 5) is 20.3. The first-order valence-corrected chi connectivity index (χ1v) is 3.98. The molecule has 112 valence electrons. The molecule has 0 N–H and O–H groups in total. The lowest BCUT2D eigenvalue weighted by atomic mass is 9.99. The van der Waals surface area contributed by atoms with Crippen LogP contribution in [0, 0.1) is 0 Å². The van der Waals surface area contributed by atoms with E-state index in [1.165, 1.54) is 0 Å². The Hall–Kier alpha value is -1.36. The fourth-order valence-corrected chi connectivity index (χ4v) is 0.728. The predicted octanol–water partition coefficient (Wildman–Crippen LogP) is 2.56. The molecule has 0 unspecified atom stereocenters. The van der Waals surface area contributed by atoms with Gasteiger partial charge in [-0.3, -0.25) is 9.59 Å². The van der Waals surface area contributed by atoms with Gasteiger partial charge in [-0.1, -0.05) is 0 Å². The van der Waals surface area contributed by atoms with Crippen molar-refractivity contribution in [3.05, 3.63) is 0 Å². The highest BCUT2D eigenvalue weighted by atomic mass is 19.4. The molecule has 2 nitrogen and oxygen atoms in total. The van der Waals surface area contributed by atoms with E-state index in [0.29, 0.717) is 0 Å². The van der Waals surface area contributed by atoms with Crippen molar-refractivity contribution in [2.75, 3.05) is 6.67 Å². The lowest BCUT2D eigenvalue weighted by Gasteiger charge is -2.29. The van der Waals surface area contributed by atoms with E-state index in [9.17, 15) is 53.5 Å². The molecule has 0 rings (SSSR count). The quantitative estimate of drug-likeness (QED) is 0.578. The van der Waals surface area contributed by atoms with Crippen LogP contribution in [-0.4, -0.2) is 42.2 Å². The lowest BCUT2D eigenvalue weighted by molar-refractivity contribution is -0.299. The number of alkyl halides is 10. The number of carbonyl (C=O) groups excluding carboxylic acids is 2. The minimum atomic E-state index is -6.80. The molecule has 0 fully saturated rings. The molecular formula is C7H2F10O2. The fourth-order valence-electron chi connectivity index (χ4n) is 0.728. The first kappa shape index (κ1) is 17.6. The van der Waals surface area contributed by atoms with Crippen LogP contribution >= 0.6 is 0 Å². The van der Waals surface area contributed by atoms with Crippen molar-refractivity contribution in [2.45, 2.75) is 23.9 Å². The van der Waals surface area contributed by atoms with Crippen molar-refractivity contribution in [1.29, 1.82) is 0 Å². The number of hydrogen-bond donors (Lipinski definition) is 0. The van der Waals surface area contributed by atoms with Gasteiger partial charge in [-0.15, -0.1) is 0 Å². The van der Waals surface area contributed by atoms with Gasteiger partial charge in [0.15, 0.2) is 6.67 Å². The zero-order chi connectivity index (χ0) is 15.9. The number of hydrogen-bond acceptors (Lipinski definition) is 2. The summed E-state index contributed by atoms with van der Waals surface area (Å²) in [6, 6.07) is 0. The normalized spacial score (nSPS) is 14.4. The van der Waals surface area contributed by atoms with Crippen LogP contribution in [0.25, 0.3) is 0 Å². The smallest absolute Gasteiger partial charge is 0.283 e. The Morgan fingerprint density at radius 2 is 1.11 bits per heavy atom. The molecule has 0 spiro atoms. The molecule has 0 aromatic heterocycles. The molecule has 0 aliphatic heterocycles. The monoisotopic (exact) mass is 308 g/mol. The minimum absolute atomic E-state index is 3.37. The Morgan fingerprint density at radius 3 is 1.37 bits per heavy atom. The zero-order valence-corrected chi connectivity index (χ0v) is 8.30. The van der Waals surface area contributed by atoms with Crippen molar-refractivity contribution in [3.63, 3.8) is 0 Å². The molecule has 0 saturated heterocycles. The van der Waals surface area contributed by atoms with E-state index < -0.39 is 42.2 Å². The molecule has 0 amide bonds. The van der Waals surface area contributed by atoms with Crippen LogP contribution in [-0.2, 0) is 9.59 Å². The average Bonchev–Trinajstić information content (AvgIpc) is 2.24. The Balaban J connectivity index is 5.63. The van der Waals surface area contributed by atoms with Crippen LogP contribution in [0.5, 0.6) is 0 Å². The first-order chi connectivity index (χ1) is 8.13. The highest BCUT2D eigenvalue weighted by Gasteiger charge is 2.76. The zero-order valence-electron chi connectivity index (χ0n) is 8.30. The molecule has 0 atom stereocenters. The van der Waals surface area contributed by atoms with Crippen molar-refractivity contribution in [3.8, 4) is 0 Å². The summed E-state index contributed by atoms with van der Waals surface area (Å²) in [5.41, 5.74) is 0. The molecule has 0 aliphatic rings. The average molecular weight is 308 g/mol. The van der Waals surface area contributed by atoms with E-state index in [0.717, 1.165) is 0 Å². The van der Waals surface area contributed by atoms with Crippen LogP contribution < -0.4 is 0 Å². The molecule has 0 heterocycles. The molecule has 0 aromatic rings. The molecule has 0 radical (unpaired) electrons. The minimum Gasteiger partial charge on any atom is -0.283 e. The maximum Gasteiger partial charge on any atom is 0.458 e. The highest BCUT2D eigenvalue weighted by molar-refractivity contribution is 6.42. The maximum absolute atomic E-state index is 12.6. The fraction of sp³-hybridized carbons (Fsp3) is 0.714. The third-order valence-electron chi connectivity index (χ3n) is 1.77. The summed E-state index contributed by atoms with van der Waals surface area (Å²) in [5.74, 6) is -27.7. The molecule has 0 aromatic carbocycles. The van der Waals surface area contributed by atoms with E-state index in [1.807, 2.05) is 0 Å². The molecule has 0 bridgehead atoms. The topological polar surface area (TPSA) is 34.1 Å². The van der Waals surface area contributed by atoms with Crippen LogP contribution in [0.15, 0.2) is 0 Å². The van der Waals surface area contributed by atoms with Gasteiger partial charge in [0, 0.05) is 0 Å². The summed E-state index contributed by atoms with van der Waals surface area (Å²) < 4.78 is 121. The lowest BCUT2D eigenvalue weighted by Crippen LogP contribution is -2.61. The Bertz CT molecular complexity index is 382. The third-order valence-corrected chi connectivity index (χ3v) is 1.77. The number of rotatable bonds is 5. The molecular weight excluding hydrogens is 306 g/mol. The highest BCUT2D eigenvalue weighted by Crippen LogP contribution is 2.47. The van der Waals surface area contributed by atoms with E-state index in [-0.39, 0.29) is 0 Å². The summed E-state index contributed by atoms with van der Waals surface area (Å²) in [5, 5.41) is 0. The number of ketones is 2. The van der Waals surface area contributed by atoms with Gasteiger partial charge in [-0.2, -0.15) is 39.5 Å². The standard InChI is InChI=1S/C7H2F10O2/c8-1-4(9,10)7(16,17)5(11,12)2(18)3(19)6(13,14)15/h1H2. The van der Waals surface area contributed by atoms with Crippen molar-refractivity contribution in [1.82, 2.24) is 0 Å². The van der Waals surface area contributed by atoms with Gasteiger partial charge < -0.3 is 0 Å². The van der Waals surface area contributed by atoms with E-state index in [4.69, 9.17) is 0 Å². The molecule has 12 heteroatoms. The number of halogens is 10.